The van der Waals surface area contributed by atoms with Gasteiger partial charge in [0, 0.05) is 37.0 Å². The predicted octanol–water partition coefficient (Wildman–Crippen LogP) is 4.31. The number of carbonyl (C=O) groups excluding carboxylic acids is 1. The minimum Gasteiger partial charge on any atom is -0.496 e. The van der Waals surface area contributed by atoms with Gasteiger partial charge in [0.2, 0.25) is 0 Å². The molecule has 34 heavy (non-hydrogen) atoms. The number of hydrogen-bond donors (Lipinski definition) is 0. The van der Waals surface area contributed by atoms with Gasteiger partial charge in [0.25, 0.3) is 5.91 Å². The lowest BCUT2D eigenvalue weighted by molar-refractivity contribution is -0.123. The highest BCUT2D eigenvalue weighted by Crippen LogP contribution is 2.37. The van der Waals surface area contributed by atoms with Crippen LogP contribution in [0, 0.1) is 0 Å². The third-order valence-electron chi connectivity index (χ3n) is 6.16. The molecule has 0 spiro atoms. The molecule has 178 valence electrons. The molecule has 7 nitrogen and oxygen atoms in total. The number of para-hydroxylation sites is 1. The minimum atomic E-state index is -0.0468. The highest BCUT2D eigenvalue weighted by atomic mass is 32.2. The van der Waals surface area contributed by atoms with Crippen LogP contribution in [0.4, 0.5) is 11.4 Å². The van der Waals surface area contributed by atoms with E-state index in [2.05, 4.69) is 11.0 Å². The maximum Gasteiger partial charge on any atom is 0.266 e. The number of thioether (sulfide) groups is 1. The quantitative estimate of drug-likeness (QED) is 0.575. The Morgan fingerprint density at radius 1 is 1.15 bits per heavy atom. The molecule has 5 rings (SSSR count). The molecule has 0 aliphatic carbocycles. The summed E-state index contributed by atoms with van der Waals surface area (Å²) >= 11 is 1.40. The molecule has 3 aliphatic heterocycles. The predicted molar refractivity (Wildman–Crippen MR) is 136 cm³/mol. The monoisotopic (exact) mass is 479 g/mol. The van der Waals surface area contributed by atoms with Gasteiger partial charge in [-0.3, -0.25) is 9.69 Å². The van der Waals surface area contributed by atoms with E-state index in [9.17, 15) is 4.79 Å². The van der Waals surface area contributed by atoms with E-state index in [1.807, 2.05) is 48.5 Å². The second-order valence-electron chi connectivity index (χ2n) is 8.42. The van der Waals surface area contributed by atoms with Crippen LogP contribution in [-0.2, 0) is 14.3 Å². The summed E-state index contributed by atoms with van der Waals surface area (Å²) in [5.74, 6) is 0.693. The Hall–Kier alpha value is -2.81. The molecule has 0 N–H and O–H groups in total. The number of hydrogen-bond acceptors (Lipinski definition) is 7. The molecular formula is C26H29N3O4S. The van der Waals surface area contributed by atoms with Crippen LogP contribution in [0.1, 0.15) is 18.4 Å². The van der Waals surface area contributed by atoms with Crippen molar-refractivity contribution in [2.45, 2.75) is 18.9 Å². The second kappa shape index (κ2) is 10.6. The van der Waals surface area contributed by atoms with Crippen molar-refractivity contribution in [1.29, 1.82) is 0 Å². The Bertz CT molecular complexity index is 1080. The molecule has 8 heteroatoms. The van der Waals surface area contributed by atoms with Gasteiger partial charge in [-0.1, -0.05) is 18.2 Å². The standard InChI is InChI=1S/C26H29N3O4S/c1-31-23-17-21(28-11-14-32-15-12-28)10-9-19(23)16-24-25(30)29(18-22-8-5-13-33-22)26(34-24)27-20-6-3-2-4-7-20/h2-4,6-7,9-10,16-17,22H,5,8,11-15,18H2,1H3/b24-16-,27-26?/t22-/m1/s1. The van der Waals surface area contributed by atoms with Gasteiger partial charge in [-0.05, 0) is 54.9 Å². The van der Waals surface area contributed by atoms with Crippen molar-refractivity contribution in [2.75, 3.05) is 51.5 Å². The summed E-state index contributed by atoms with van der Waals surface area (Å²) < 4.78 is 17.0. The molecule has 0 saturated carbocycles. The van der Waals surface area contributed by atoms with Crippen LogP contribution >= 0.6 is 11.8 Å². The van der Waals surface area contributed by atoms with Gasteiger partial charge in [0.1, 0.15) is 5.75 Å². The van der Waals surface area contributed by atoms with E-state index in [4.69, 9.17) is 19.2 Å². The number of ether oxygens (including phenoxy) is 3. The molecule has 0 radical (unpaired) electrons. The molecule has 1 amide bonds. The summed E-state index contributed by atoms with van der Waals surface area (Å²) in [5, 5.41) is 0.682. The first-order valence-corrected chi connectivity index (χ1v) is 12.5. The molecule has 2 aromatic carbocycles. The van der Waals surface area contributed by atoms with Gasteiger partial charge in [-0.15, -0.1) is 0 Å². The molecule has 2 aromatic rings. The van der Waals surface area contributed by atoms with Gasteiger partial charge in [0.05, 0.1) is 43.6 Å². The topological polar surface area (TPSA) is 63.6 Å². The highest BCUT2D eigenvalue weighted by molar-refractivity contribution is 8.18. The number of rotatable bonds is 6. The summed E-state index contributed by atoms with van der Waals surface area (Å²) in [5.41, 5.74) is 2.79. The molecule has 3 aliphatic rings. The van der Waals surface area contributed by atoms with E-state index in [-0.39, 0.29) is 12.0 Å². The van der Waals surface area contributed by atoms with Crippen molar-refractivity contribution < 1.29 is 19.0 Å². The third kappa shape index (κ3) is 5.14. The van der Waals surface area contributed by atoms with Crippen LogP contribution in [0.2, 0.25) is 0 Å². The molecule has 3 saturated heterocycles. The maximum atomic E-state index is 13.4. The molecule has 0 unspecified atom stereocenters. The van der Waals surface area contributed by atoms with Gasteiger partial charge < -0.3 is 19.1 Å². The van der Waals surface area contributed by atoms with Crippen molar-refractivity contribution in [2.24, 2.45) is 4.99 Å². The first-order valence-electron chi connectivity index (χ1n) is 11.7. The Kier molecular flexibility index (Phi) is 7.18. The zero-order chi connectivity index (χ0) is 23.3. The number of morpholine rings is 1. The lowest BCUT2D eigenvalue weighted by Gasteiger charge is -2.29. The summed E-state index contributed by atoms with van der Waals surface area (Å²) in [6, 6.07) is 15.9. The molecule has 3 fully saturated rings. The first-order chi connectivity index (χ1) is 16.7. The van der Waals surface area contributed by atoms with Crippen molar-refractivity contribution in [3.8, 4) is 5.75 Å². The van der Waals surface area contributed by atoms with E-state index in [0.29, 0.717) is 16.6 Å². The fraction of sp³-hybridized carbons (Fsp3) is 0.385. The normalized spacial score (nSPS) is 23.3. The molecule has 1 atom stereocenters. The number of methoxy groups -OCH3 is 1. The van der Waals surface area contributed by atoms with E-state index in [0.717, 1.165) is 68.4 Å². The van der Waals surface area contributed by atoms with Gasteiger partial charge >= 0.3 is 0 Å². The number of benzene rings is 2. The highest BCUT2D eigenvalue weighted by Gasteiger charge is 2.36. The Labute approximate surface area is 204 Å². The Morgan fingerprint density at radius 3 is 2.71 bits per heavy atom. The smallest absolute Gasteiger partial charge is 0.266 e. The number of carbonyl (C=O) groups is 1. The number of nitrogens with zero attached hydrogens (tertiary/aromatic N) is 3. The first kappa shape index (κ1) is 23.0. The molecule has 0 aromatic heterocycles. The van der Waals surface area contributed by atoms with E-state index in [1.54, 1.807) is 12.0 Å². The van der Waals surface area contributed by atoms with Crippen molar-refractivity contribution in [3.63, 3.8) is 0 Å². The summed E-state index contributed by atoms with van der Waals surface area (Å²) in [4.78, 5) is 22.9. The van der Waals surface area contributed by atoms with Gasteiger partial charge in [-0.25, -0.2) is 4.99 Å². The zero-order valence-corrected chi connectivity index (χ0v) is 20.1. The summed E-state index contributed by atoms with van der Waals surface area (Å²) in [7, 11) is 1.66. The van der Waals surface area contributed by atoms with Gasteiger partial charge in [-0.2, -0.15) is 0 Å². The lowest BCUT2D eigenvalue weighted by atomic mass is 10.1. The van der Waals surface area contributed by atoms with E-state index < -0.39 is 0 Å². The van der Waals surface area contributed by atoms with Crippen LogP contribution in [-0.4, -0.2) is 68.6 Å². The van der Waals surface area contributed by atoms with Crippen LogP contribution in [0.25, 0.3) is 6.08 Å². The average Bonchev–Trinajstić information content (AvgIpc) is 3.50. The summed E-state index contributed by atoms with van der Waals surface area (Å²) in [6.45, 7) is 4.43. The SMILES string of the molecule is COc1cc(N2CCOCC2)ccc1/C=C1\SC(=Nc2ccccc2)N(C[C@H]2CCCO2)C1=O. The fourth-order valence-electron chi connectivity index (χ4n) is 4.34. The maximum absolute atomic E-state index is 13.4. The molecule has 0 bridgehead atoms. The van der Waals surface area contributed by atoms with Crippen molar-refractivity contribution in [3.05, 3.63) is 59.0 Å². The Morgan fingerprint density at radius 2 is 1.97 bits per heavy atom. The van der Waals surface area contributed by atoms with E-state index >= 15 is 0 Å². The fourth-order valence-corrected chi connectivity index (χ4v) is 5.33. The van der Waals surface area contributed by atoms with Crippen LogP contribution in [0.3, 0.4) is 0 Å². The van der Waals surface area contributed by atoms with Gasteiger partial charge in [0.15, 0.2) is 5.17 Å². The van der Waals surface area contributed by atoms with E-state index in [1.165, 1.54) is 11.8 Å². The summed E-state index contributed by atoms with van der Waals surface area (Å²) in [6.07, 6.45) is 3.95. The number of amidine groups is 1. The lowest BCUT2D eigenvalue weighted by Crippen LogP contribution is -2.36. The second-order valence-corrected chi connectivity index (χ2v) is 9.43. The Balaban J connectivity index is 1.43. The zero-order valence-electron chi connectivity index (χ0n) is 19.3. The van der Waals surface area contributed by atoms with Crippen LogP contribution < -0.4 is 9.64 Å². The van der Waals surface area contributed by atoms with Crippen LogP contribution in [0.5, 0.6) is 5.75 Å². The van der Waals surface area contributed by atoms with Crippen LogP contribution in [0.15, 0.2) is 58.4 Å². The molecule has 3 heterocycles. The minimum absolute atomic E-state index is 0.0468. The number of anilines is 1. The average molecular weight is 480 g/mol. The largest absolute Gasteiger partial charge is 0.496 e. The molecular weight excluding hydrogens is 450 g/mol. The van der Waals surface area contributed by atoms with Crippen molar-refractivity contribution in [1.82, 2.24) is 4.90 Å². The third-order valence-corrected chi connectivity index (χ3v) is 7.17. The van der Waals surface area contributed by atoms with Crippen molar-refractivity contribution >= 4 is 40.3 Å². The number of amides is 1. The number of aliphatic imine (C=N–C) groups is 1.